The molecule has 0 saturated heterocycles. The zero-order valence-electron chi connectivity index (χ0n) is 18.5. The van der Waals surface area contributed by atoms with Gasteiger partial charge in [0.1, 0.15) is 0 Å². The summed E-state index contributed by atoms with van der Waals surface area (Å²) >= 11 is 0. The van der Waals surface area contributed by atoms with E-state index in [0.717, 1.165) is 50.5 Å². The lowest BCUT2D eigenvalue weighted by Gasteiger charge is -2.21. The Morgan fingerprint density at radius 3 is 2.31 bits per heavy atom. The number of aliphatic imine (C=N–C) groups is 1. The Hall–Kier alpha value is -1.42. The predicted molar refractivity (Wildman–Crippen MR) is 132 cm³/mol. The van der Waals surface area contributed by atoms with Crippen LogP contribution in [-0.2, 0) is 6.54 Å². The van der Waals surface area contributed by atoms with E-state index in [1.165, 1.54) is 12.1 Å². The molecule has 0 aromatic heterocycles. The van der Waals surface area contributed by atoms with E-state index in [-0.39, 0.29) is 34.6 Å². The lowest BCUT2D eigenvalue weighted by molar-refractivity contribution is -0.384. The SMILES string of the molecule is CCN(CC)CCCC(C)NC(=NCc1ccc([N+](=O)[O-])cc1)NCC(C)C.I. The van der Waals surface area contributed by atoms with Crippen LogP contribution in [0.4, 0.5) is 5.69 Å². The molecule has 0 spiro atoms. The van der Waals surface area contributed by atoms with E-state index >= 15 is 0 Å². The minimum Gasteiger partial charge on any atom is -0.356 e. The highest BCUT2D eigenvalue weighted by Gasteiger charge is 2.08. The van der Waals surface area contributed by atoms with Crippen molar-refractivity contribution >= 4 is 35.6 Å². The largest absolute Gasteiger partial charge is 0.356 e. The van der Waals surface area contributed by atoms with Crippen LogP contribution in [0.5, 0.6) is 0 Å². The smallest absolute Gasteiger partial charge is 0.269 e. The van der Waals surface area contributed by atoms with Gasteiger partial charge in [0.15, 0.2) is 5.96 Å². The second-order valence-corrected chi connectivity index (χ2v) is 7.58. The van der Waals surface area contributed by atoms with Gasteiger partial charge in [-0.15, -0.1) is 24.0 Å². The van der Waals surface area contributed by atoms with E-state index in [2.05, 4.69) is 55.1 Å². The van der Waals surface area contributed by atoms with Crippen LogP contribution < -0.4 is 10.6 Å². The number of rotatable bonds is 12. The molecule has 0 bridgehead atoms. The first-order valence-corrected chi connectivity index (χ1v) is 10.4. The van der Waals surface area contributed by atoms with Gasteiger partial charge in [-0.1, -0.05) is 39.8 Å². The molecule has 29 heavy (non-hydrogen) atoms. The molecule has 0 aliphatic heterocycles. The fraction of sp³-hybridized carbons (Fsp3) is 0.667. The monoisotopic (exact) mass is 519 g/mol. The highest BCUT2D eigenvalue weighted by molar-refractivity contribution is 14.0. The number of hydrogen-bond acceptors (Lipinski definition) is 4. The topological polar surface area (TPSA) is 82.8 Å². The average Bonchev–Trinajstić information content (AvgIpc) is 2.67. The van der Waals surface area contributed by atoms with Crippen molar-refractivity contribution < 1.29 is 4.92 Å². The number of non-ortho nitro benzene ring substituents is 1. The Kier molecular flexibility index (Phi) is 14.7. The summed E-state index contributed by atoms with van der Waals surface area (Å²) in [6.45, 7) is 15.5. The van der Waals surface area contributed by atoms with Gasteiger partial charge < -0.3 is 15.5 Å². The summed E-state index contributed by atoms with van der Waals surface area (Å²) in [5.74, 6) is 1.31. The molecule has 1 aromatic rings. The van der Waals surface area contributed by atoms with E-state index in [0.29, 0.717) is 18.5 Å². The molecular weight excluding hydrogens is 481 g/mol. The first kappa shape index (κ1) is 27.6. The number of halogens is 1. The molecule has 0 amide bonds. The molecular formula is C21H38IN5O2. The van der Waals surface area contributed by atoms with Crippen molar-refractivity contribution in [1.82, 2.24) is 15.5 Å². The molecule has 1 rings (SSSR count). The summed E-state index contributed by atoms with van der Waals surface area (Å²) in [5.41, 5.74) is 1.05. The van der Waals surface area contributed by atoms with E-state index in [1.807, 2.05) is 0 Å². The summed E-state index contributed by atoms with van der Waals surface area (Å²) in [6.07, 6.45) is 2.23. The molecule has 1 unspecified atom stereocenters. The summed E-state index contributed by atoms with van der Waals surface area (Å²) in [6, 6.07) is 6.89. The molecule has 0 aliphatic rings. The highest BCUT2D eigenvalue weighted by atomic mass is 127. The quantitative estimate of drug-likeness (QED) is 0.141. The lowest BCUT2D eigenvalue weighted by Crippen LogP contribution is -2.43. The van der Waals surface area contributed by atoms with Gasteiger partial charge in [0.2, 0.25) is 0 Å². The van der Waals surface area contributed by atoms with Crippen LogP contribution >= 0.6 is 24.0 Å². The first-order chi connectivity index (χ1) is 13.3. The van der Waals surface area contributed by atoms with Crippen LogP contribution in [0.15, 0.2) is 29.3 Å². The molecule has 0 heterocycles. The Morgan fingerprint density at radius 2 is 1.79 bits per heavy atom. The molecule has 7 nitrogen and oxygen atoms in total. The van der Waals surface area contributed by atoms with Gasteiger partial charge >= 0.3 is 0 Å². The number of nitro benzene ring substituents is 1. The third-order valence-electron chi connectivity index (χ3n) is 4.63. The van der Waals surface area contributed by atoms with Crippen LogP contribution in [-0.4, -0.2) is 48.0 Å². The Morgan fingerprint density at radius 1 is 1.17 bits per heavy atom. The number of benzene rings is 1. The van der Waals surface area contributed by atoms with Gasteiger partial charge in [0.05, 0.1) is 11.5 Å². The van der Waals surface area contributed by atoms with Crippen LogP contribution in [0.1, 0.15) is 53.0 Å². The van der Waals surface area contributed by atoms with E-state index in [9.17, 15) is 10.1 Å². The van der Waals surface area contributed by atoms with Gasteiger partial charge in [-0.05, 0) is 50.9 Å². The molecule has 0 saturated carbocycles. The number of hydrogen-bond donors (Lipinski definition) is 2. The zero-order chi connectivity index (χ0) is 20.9. The van der Waals surface area contributed by atoms with Gasteiger partial charge in [-0.3, -0.25) is 10.1 Å². The second-order valence-electron chi connectivity index (χ2n) is 7.58. The maximum Gasteiger partial charge on any atom is 0.269 e. The van der Waals surface area contributed by atoms with Gasteiger partial charge in [-0.25, -0.2) is 4.99 Å². The predicted octanol–water partition coefficient (Wildman–Crippen LogP) is 4.41. The molecule has 0 radical (unpaired) electrons. The van der Waals surface area contributed by atoms with Crippen LogP contribution in [0, 0.1) is 16.0 Å². The van der Waals surface area contributed by atoms with Crippen molar-refractivity contribution in [3.8, 4) is 0 Å². The van der Waals surface area contributed by atoms with Crippen LogP contribution in [0.25, 0.3) is 0 Å². The van der Waals surface area contributed by atoms with E-state index in [4.69, 9.17) is 0 Å². The highest BCUT2D eigenvalue weighted by Crippen LogP contribution is 2.12. The lowest BCUT2D eigenvalue weighted by atomic mass is 10.1. The number of nitro groups is 1. The van der Waals surface area contributed by atoms with Crippen molar-refractivity contribution in [2.24, 2.45) is 10.9 Å². The summed E-state index contributed by atoms with van der Waals surface area (Å²) in [4.78, 5) is 17.5. The summed E-state index contributed by atoms with van der Waals surface area (Å²) < 4.78 is 0. The van der Waals surface area contributed by atoms with Gasteiger partial charge in [0, 0.05) is 24.7 Å². The molecule has 0 aliphatic carbocycles. The molecule has 2 N–H and O–H groups in total. The Labute approximate surface area is 192 Å². The van der Waals surface area contributed by atoms with Crippen molar-refractivity contribution in [3.63, 3.8) is 0 Å². The minimum atomic E-state index is -0.385. The molecule has 8 heteroatoms. The van der Waals surface area contributed by atoms with Gasteiger partial charge in [-0.2, -0.15) is 0 Å². The third-order valence-corrected chi connectivity index (χ3v) is 4.63. The average molecular weight is 519 g/mol. The van der Waals surface area contributed by atoms with E-state index < -0.39 is 0 Å². The first-order valence-electron chi connectivity index (χ1n) is 10.4. The normalized spacial score (nSPS) is 12.6. The third kappa shape index (κ3) is 12.0. The van der Waals surface area contributed by atoms with Crippen LogP contribution in [0.2, 0.25) is 0 Å². The summed E-state index contributed by atoms with van der Waals surface area (Å²) in [5, 5.41) is 17.7. The maximum absolute atomic E-state index is 10.8. The second kappa shape index (κ2) is 15.4. The maximum atomic E-state index is 10.8. The number of nitrogens with zero attached hydrogens (tertiary/aromatic N) is 3. The fourth-order valence-electron chi connectivity index (χ4n) is 2.81. The standard InChI is InChI=1S/C21H37N5O2.HI/c1-6-25(7-2)14-8-9-18(5)24-21(22-15-17(3)4)23-16-19-10-12-20(13-11-19)26(27)28;/h10-13,17-18H,6-9,14-16H2,1-5H3,(H2,22,23,24);1H. The van der Waals surface area contributed by atoms with Crippen molar-refractivity contribution in [2.75, 3.05) is 26.2 Å². The molecule has 1 atom stereocenters. The molecule has 0 fully saturated rings. The van der Waals surface area contributed by atoms with Crippen LogP contribution in [0.3, 0.4) is 0 Å². The number of guanidine groups is 1. The van der Waals surface area contributed by atoms with Crippen molar-refractivity contribution in [2.45, 2.75) is 60.0 Å². The minimum absolute atomic E-state index is 0. The van der Waals surface area contributed by atoms with Crippen molar-refractivity contribution in [3.05, 3.63) is 39.9 Å². The van der Waals surface area contributed by atoms with E-state index in [1.54, 1.807) is 12.1 Å². The fourth-order valence-corrected chi connectivity index (χ4v) is 2.81. The zero-order valence-corrected chi connectivity index (χ0v) is 20.8. The molecule has 166 valence electrons. The summed E-state index contributed by atoms with van der Waals surface area (Å²) in [7, 11) is 0. The molecule has 1 aromatic carbocycles. The van der Waals surface area contributed by atoms with Gasteiger partial charge in [0.25, 0.3) is 5.69 Å². The Balaban J connectivity index is 0.00000784. The van der Waals surface area contributed by atoms with Crippen molar-refractivity contribution in [1.29, 1.82) is 0 Å². The number of nitrogens with one attached hydrogen (secondary N) is 2. The Bertz CT molecular complexity index is 604.